The Balaban J connectivity index is 2.46. The molecular formula is C14H20O3. The van der Waals surface area contributed by atoms with Crippen LogP contribution in [0, 0.1) is 20.8 Å². The van der Waals surface area contributed by atoms with Crippen molar-refractivity contribution in [2.75, 3.05) is 6.61 Å². The summed E-state index contributed by atoms with van der Waals surface area (Å²) in [5.74, 6) is 0.202. The third kappa shape index (κ3) is 4.10. The summed E-state index contributed by atoms with van der Waals surface area (Å²) in [6, 6.07) is 4.14. The van der Waals surface area contributed by atoms with Crippen molar-refractivity contribution in [3.8, 4) is 5.75 Å². The molecule has 1 aromatic carbocycles. The molecule has 0 aliphatic carbocycles. The first-order chi connectivity index (χ1) is 8.02. The molecule has 0 spiro atoms. The number of hydrogen-bond donors (Lipinski definition) is 1. The van der Waals surface area contributed by atoms with Gasteiger partial charge in [0.05, 0.1) is 6.61 Å². The van der Waals surface area contributed by atoms with Crippen LogP contribution in [0.2, 0.25) is 0 Å². The Labute approximate surface area is 102 Å². The van der Waals surface area contributed by atoms with Crippen LogP contribution in [0.5, 0.6) is 5.75 Å². The summed E-state index contributed by atoms with van der Waals surface area (Å²) in [7, 11) is 0. The van der Waals surface area contributed by atoms with Crippen LogP contribution in [-0.4, -0.2) is 17.7 Å². The van der Waals surface area contributed by atoms with Crippen molar-refractivity contribution < 1.29 is 14.6 Å². The molecule has 0 saturated carbocycles. The van der Waals surface area contributed by atoms with E-state index in [1.54, 1.807) is 0 Å². The first-order valence-electron chi connectivity index (χ1n) is 5.93. The summed E-state index contributed by atoms with van der Waals surface area (Å²) in [5.41, 5.74) is 3.52. The molecule has 0 aromatic heterocycles. The highest BCUT2D eigenvalue weighted by Crippen LogP contribution is 2.25. The van der Waals surface area contributed by atoms with Gasteiger partial charge in [-0.3, -0.25) is 4.79 Å². The molecule has 0 fully saturated rings. The van der Waals surface area contributed by atoms with E-state index in [4.69, 9.17) is 9.84 Å². The minimum absolute atomic E-state index is 0.217. The van der Waals surface area contributed by atoms with E-state index in [0.717, 1.165) is 17.7 Å². The number of carboxylic acids is 1. The van der Waals surface area contributed by atoms with Gasteiger partial charge in [-0.05, 0) is 50.3 Å². The number of unbranched alkanes of at least 4 members (excludes halogenated alkanes) is 1. The molecule has 0 amide bonds. The van der Waals surface area contributed by atoms with Crippen molar-refractivity contribution in [3.63, 3.8) is 0 Å². The molecular weight excluding hydrogens is 216 g/mol. The quantitative estimate of drug-likeness (QED) is 0.771. The molecule has 1 aromatic rings. The van der Waals surface area contributed by atoms with Gasteiger partial charge in [-0.1, -0.05) is 12.1 Å². The van der Waals surface area contributed by atoms with Crippen LogP contribution in [-0.2, 0) is 4.79 Å². The number of carbonyl (C=O) groups is 1. The highest BCUT2D eigenvalue weighted by molar-refractivity contribution is 5.66. The van der Waals surface area contributed by atoms with Gasteiger partial charge in [-0.2, -0.15) is 0 Å². The maximum absolute atomic E-state index is 10.3. The lowest BCUT2D eigenvalue weighted by Crippen LogP contribution is -2.03. The Bertz CT molecular complexity index is 397. The van der Waals surface area contributed by atoms with Crippen molar-refractivity contribution in [2.45, 2.75) is 40.0 Å². The van der Waals surface area contributed by atoms with Crippen molar-refractivity contribution in [2.24, 2.45) is 0 Å². The van der Waals surface area contributed by atoms with Crippen LogP contribution >= 0.6 is 0 Å². The Hall–Kier alpha value is -1.51. The lowest BCUT2D eigenvalue weighted by Gasteiger charge is -2.13. The number of ether oxygens (including phenoxy) is 1. The maximum atomic E-state index is 10.3. The normalized spacial score (nSPS) is 10.3. The fourth-order valence-electron chi connectivity index (χ4n) is 1.70. The zero-order valence-corrected chi connectivity index (χ0v) is 10.7. The van der Waals surface area contributed by atoms with Gasteiger partial charge in [-0.25, -0.2) is 0 Å². The van der Waals surface area contributed by atoms with Gasteiger partial charge in [0.25, 0.3) is 0 Å². The number of aryl methyl sites for hydroxylation is 2. The molecule has 3 nitrogen and oxygen atoms in total. The summed E-state index contributed by atoms with van der Waals surface area (Å²) < 4.78 is 5.74. The molecule has 1 N–H and O–H groups in total. The van der Waals surface area contributed by atoms with E-state index in [2.05, 4.69) is 26.0 Å². The number of aliphatic carboxylic acids is 1. The second kappa shape index (κ2) is 6.28. The van der Waals surface area contributed by atoms with Crippen molar-refractivity contribution in [3.05, 3.63) is 28.8 Å². The molecule has 0 aliphatic rings. The van der Waals surface area contributed by atoms with E-state index < -0.39 is 5.97 Å². The van der Waals surface area contributed by atoms with Gasteiger partial charge in [0.15, 0.2) is 0 Å². The second-order valence-corrected chi connectivity index (χ2v) is 4.35. The van der Waals surface area contributed by atoms with Gasteiger partial charge in [0, 0.05) is 6.42 Å². The van der Waals surface area contributed by atoms with Crippen LogP contribution in [0.15, 0.2) is 12.1 Å². The summed E-state index contributed by atoms with van der Waals surface area (Å²) in [6.45, 7) is 6.72. The standard InChI is InChI=1S/C14H20O3/c1-10-7-8-11(2)14(12(10)3)17-9-5-4-6-13(15)16/h7-8H,4-6,9H2,1-3H3,(H,15,16). The van der Waals surface area contributed by atoms with Gasteiger partial charge < -0.3 is 9.84 Å². The monoisotopic (exact) mass is 236 g/mol. The predicted octanol–water partition coefficient (Wildman–Crippen LogP) is 3.25. The Morgan fingerprint density at radius 3 is 2.47 bits per heavy atom. The van der Waals surface area contributed by atoms with Crippen LogP contribution in [0.3, 0.4) is 0 Å². The average molecular weight is 236 g/mol. The average Bonchev–Trinajstić information content (AvgIpc) is 2.27. The van der Waals surface area contributed by atoms with Crippen LogP contribution in [0.25, 0.3) is 0 Å². The molecule has 0 heterocycles. The Kier molecular flexibility index (Phi) is 5.01. The Morgan fingerprint density at radius 1 is 1.18 bits per heavy atom. The van der Waals surface area contributed by atoms with Crippen molar-refractivity contribution >= 4 is 5.97 Å². The lowest BCUT2D eigenvalue weighted by atomic mass is 10.1. The zero-order chi connectivity index (χ0) is 12.8. The van der Waals surface area contributed by atoms with Gasteiger partial charge >= 0.3 is 5.97 Å². The fraction of sp³-hybridized carbons (Fsp3) is 0.500. The van der Waals surface area contributed by atoms with Gasteiger partial charge in [0.1, 0.15) is 5.75 Å². The number of hydrogen-bond acceptors (Lipinski definition) is 2. The summed E-state index contributed by atoms with van der Waals surface area (Å²) in [4.78, 5) is 10.3. The predicted molar refractivity (Wildman–Crippen MR) is 67.6 cm³/mol. The Morgan fingerprint density at radius 2 is 1.82 bits per heavy atom. The van der Waals surface area contributed by atoms with E-state index in [-0.39, 0.29) is 6.42 Å². The second-order valence-electron chi connectivity index (χ2n) is 4.35. The van der Waals surface area contributed by atoms with E-state index in [1.807, 2.05) is 6.92 Å². The first-order valence-corrected chi connectivity index (χ1v) is 5.93. The van der Waals surface area contributed by atoms with Crippen LogP contribution in [0.4, 0.5) is 0 Å². The maximum Gasteiger partial charge on any atom is 0.303 e. The largest absolute Gasteiger partial charge is 0.493 e. The number of benzene rings is 1. The molecule has 17 heavy (non-hydrogen) atoms. The minimum atomic E-state index is -0.743. The third-order valence-corrected chi connectivity index (χ3v) is 2.90. The molecule has 0 saturated heterocycles. The molecule has 0 radical (unpaired) electrons. The summed E-state index contributed by atoms with van der Waals surface area (Å²) in [5, 5.41) is 8.51. The molecule has 3 heteroatoms. The van der Waals surface area contributed by atoms with Crippen molar-refractivity contribution in [1.82, 2.24) is 0 Å². The molecule has 0 unspecified atom stereocenters. The van der Waals surface area contributed by atoms with Crippen LogP contribution < -0.4 is 4.74 Å². The SMILES string of the molecule is Cc1ccc(C)c(OCCCCC(=O)O)c1C. The highest BCUT2D eigenvalue weighted by atomic mass is 16.5. The highest BCUT2D eigenvalue weighted by Gasteiger charge is 2.06. The molecule has 0 bridgehead atoms. The fourth-order valence-corrected chi connectivity index (χ4v) is 1.70. The van der Waals surface area contributed by atoms with E-state index in [9.17, 15) is 4.79 Å². The van der Waals surface area contributed by atoms with Crippen LogP contribution in [0.1, 0.15) is 36.0 Å². The lowest BCUT2D eigenvalue weighted by molar-refractivity contribution is -0.137. The van der Waals surface area contributed by atoms with E-state index >= 15 is 0 Å². The van der Waals surface area contributed by atoms with Gasteiger partial charge in [0.2, 0.25) is 0 Å². The molecule has 0 aliphatic heterocycles. The third-order valence-electron chi connectivity index (χ3n) is 2.90. The van der Waals surface area contributed by atoms with E-state index in [1.165, 1.54) is 11.1 Å². The van der Waals surface area contributed by atoms with Gasteiger partial charge in [-0.15, -0.1) is 0 Å². The topological polar surface area (TPSA) is 46.5 Å². The number of carboxylic acid groups (broad SMARTS) is 1. The molecule has 0 atom stereocenters. The summed E-state index contributed by atoms with van der Waals surface area (Å²) >= 11 is 0. The number of rotatable bonds is 6. The first kappa shape index (κ1) is 13.6. The molecule has 94 valence electrons. The van der Waals surface area contributed by atoms with E-state index in [0.29, 0.717) is 13.0 Å². The summed E-state index contributed by atoms with van der Waals surface area (Å²) in [6.07, 6.45) is 1.66. The smallest absolute Gasteiger partial charge is 0.303 e. The molecule has 1 rings (SSSR count). The zero-order valence-electron chi connectivity index (χ0n) is 10.7. The van der Waals surface area contributed by atoms with Crippen molar-refractivity contribution in [1.29, 1.82) is 0 Å². The minimum Gasteiger partial charge on any atom is -0.493 e.